The second-order valence-corrected chi connectivity index (χ2v) is 2.36. The number of carbonyl (C=O) groups is 1. The Kier molecular flexibility index (Phi) is 1.15. The summed E-state index contributed by atoms with van der Waals surface area (Å²) in [7, 11) is 0. The first kappa shape index (κ1) is 6.27. The van der Waals surface area contributed by atoms with Crippen molar-refractivity contribution in [2.45, 2.75) is 6.54 Å². The van der Waals surface area contributed by atoms with Crippen LogP contribution in [-0.4, -0.2) is 22.2 Å². The highest BCUT2D eigenvalue weighted by Crippen LogP contribution is 2.21. The van der Waals surface area contributed by atoms with Gasteiger partial charge in [-0.05, 0) is 6.07 Å². The molecule has 0 unspecified atom stereocenters. The van der Waals surface area contributed by atoms with Gasteiger partial charge in [-0.1, -0.05) is 0 Å². The lowest BCUT2D eigenvalue weighted by atomic mass is 10.4. The maximum absolute atomic E-state index is 10.5. The number of ether oxygens (including phenoxy) is 1. The van der Waals surface area contributed by atoms with E-state index in [1.807, 2.05) is 0 Å². The van der Waals surface area contributed by atoms with Crippen LogP contribution in [0.4, 0.5) is 0 Å². The third-order valence-electron chi connectivity index (χ3n) is 1.72. The van der Waals surface area contributed by atoms with Crippen LogP contribution in [0.25, 0.3) is 0 Å². The third-order valence-corrected chi connectivity index (χ3v) is 1.72. The summed E-state index contributed by atoms with van der Waals surface area (Å²) in [5.41, 5.74) is 0.303. The van der Waals surface area contributed by atoms with Crippen LogP contribution in [-0.2, 0) is 6.54 Å². The smallest absolute Gasteiger partial charge is 0.352 e. The van der Waals surface area contributed by atoms with E-state index in [1.54, 1.807) is 16.7 Å². The monoisotopic (exact) mass is 153 g/mol. The molecule has 0 fully saturated rings. The summed E-state index contributed by atoms with van der Waals surface area (Å²) in [5.74, 6) is -0.246. The lowest BCUT2D eigenvalue weighted by Crippen LogP contribution is -2.05. The Morgan fingerprint density at radius 2 is 2.45 bits per heavy atom. The molecule has 0 aliphatic carbocycles. The summed E-state index contributed by atoms with van der Waals surface area (Å²) < 4.78 is 6.78. The summed E-state index contributed by atoms with van der Waals surface area (Å²) >= 11 is 0. The number of fused-ring (bicyclic) bond motifs is 1. The molecule has 0 aromatic carbocycles. The van der Waals surface area contributed by atoms with Gasteiger partial charge in [0.05, 0.1) is 6.54 Å². The minimum absolute atomic E-state index is 0.303. The van der Waals surface area contributed by atoms with E-state index in [4.69, 9.17) is 9.84 Å². The standard InChI is InChI=1S/C7H7NO3/c9-7(10)5-1-2-6-8(5)3-4-11-6/h1-2H,3-4H2,(H,9,10). The molecule has 1 N–H and O–H groups in total. The highest BCUT2D eigenvalue weighted by Gasteiger charge is 2.18. The molecule has 2 heterocycles. The van der Waals surface area contributed by atoms with Gasteiger partial charge in [-0.25, -0.2) is 4.79 Å². The van der Waals surface area contributed by atoms with Crippen molar-refractivity contribution < 1.29 is 14.6 Å². The molecule has 0 saturated heterocycles. The SMILES string of the molecule is O=C(O)c1ccc2n1CCO2. The van der Waals surface area contributed by atoms with E-state index >= 15 is 0 Å². The molecule has 0 bridgehead atoms. The molecule has 0 radical (unpaired) electrons. The maximum atomic E-state index is 10.5. The van der Waals surface area contributed by atoms with Crippen LogP contribution in [0.5, 0.6) is 5.88 Å². The molecule has 4 heteroatoms. The van der Waals surface area contributed by atoms with Gasteiger partial charge in [0.25, 0.3) is 0 Å². The van der Waals surface area contributed by atoms with E-state index < -0.39 is 5.97 Å². The molecule has 0 atom stereocenters. The fourth-order valence-electron chi connectivity index (χ4n) is 1.23. The summed E-state index contributed by atoms with van der Waals surface area (Å²) in [6.45, 7) is 1.22. The lowest BCUT2D eigenvalue weighted by Gasteiger charge is -1.96. The Morgan fingerprint density at radius 3 is 3.18 bits per heavy atom. The molecule has 0 spiro atoms. The predicted molar refractivity (Wildman–Crippen MR) is 36.9 cm³/mol. The summed E-state index contributed by atoms with van der Waals surface area (Å²) in [4.78, 5) is 10.5. The van der Waals surface area contributed by atoms with Crippen molar-refractivity contribution in [2.75, 3.05) is 6.61 Å². The number of carboxylic acid groups (broad SMARTS) is 1. The molecule has 11 heavy (non-hydrogen) atoms. The van der Waals surface area contributed by atoms with Crippen LogP contribution in [0.2, 0.25) is 0 Å². The van der Waals surface area contributed by atoms with Gasteiger partial charge in [0.15, 0.2) is 5.88 Å². The molecule has 1 aromatic rings. The van der Waals surface area contributed by atoms with E-state index in [0.717, 1.165) is 0 Å². The minimum Gasteiger partial charge on any atom is -0.477 e. The number of hydrogen-bond donors (Lipinski definition) is 1. The van der Waals surface area contributed by atoms with Crippen molar-refractivity contribution in [2.24, 2.45) is 0 Å². The largest absolute Gasteiger partial charge is 0.477 e. The maximum Gasteiger partial charge on any atom is 0.352 e. The molecule has 0 saturated carbocycles. The van der Waals surface area contributed by atoms with Gasteiger partial charge >= 0.3 is 5.97 Å². The molecular formula is C7H7NO3. The molecule has 1 aliphatic heterocycles. The fourth-order valence-corrected chi connectivity index (χ4v) is 1.23. The van der Waals surface area contributed by atoms with E-state index in [9.17, 15) is 4.79 Å². The molecular weight excluding hydrogens is 146 g/mol. The van der Waals surface area contributed by atoms with Crippen molar-refractivity contribution >= 4 is 5.97 Å². The predicted octanol–water partition coefficient (Wildman–Crippen LogP) is 0.579. The molecule has 4 nitrogen and oxygen atoms in total. The van der Waals surface area contributed by atoms with Gasteiger partial charge in [0, 0.05) is 6.07 Å². The number of aromatic nitrogens is 1. The Bertz CT molecular complexity index is 303. The van der Waals surface area contributed by atoms with Gasteiger partial charge in [0.2, 0.25) is 0 Å². The molecule has 58 valence electrons. The van der Waals surface area contributed by atoms with Crippen molar-refractivity contribution in [1.82, 2.24) is 4.57 Å². The lowest BCUT2D eigenvalue weighted by molar-refractivity contribution is 0.0686. The molecule has 1 aliphatic rings. The van der Waals surface area contributed by atoms with Gasteiger partial charge in [-0.3, -0.25) is 0 Å². The van der Waals surface area contributed by atoms with Crippen molar-refractivity contribution in [3.63, 3.8) is 0 Å². The third kappa shape index (κ3) is 0.790. The molecule has 2 rings (SSSR count). The van der Waals surface area contributed by atoms with Gasteiger partial charge in [-0.2, -0.15) is 0 Å². The average molecular weight is 153 g/mol. The van der Waals surface area contributed by atoms with Crippen LogP contribution >= 0.6 is 0 Å². The Labute approximate surface area is 63.0 Å². The van der Waals surface area contributed by atoms with Gasteiger partial charge in [0.1, 0.15) is 12.3 Å². The van der Waals surface area contributed by atoms with Crippen LogP contribution < -0.4 is 4.74 Å². The van der Waals surface area contributed by atoms with E-state index in [2.05, 4.69) is 0 Å². The number of rotatable bonds is 1. The zero-order valence-corrected chi connectivity index (χ0v) is 5.78. The van der Waals surface area contributed by atoms with Crippen LogP contribution in [0, 0.1) is 0 Å². The number of nitrogens with zero attached hydrogens (tertiary/aromatic N) is 1. The average Bonchev–Trinajstić information content (AvgIpc) is 2.41. The van der Waals surface area contributed by atoms with E-state index in [0.29, 0.717) is 24.7 Å². The molecule has 1 aromatic heterocycles. The van der Waals surface area contributed by atoms with Crippen LogP contribution in [0.1, 0.15) is 10.5 Å². The quantitative estimate of drug-likeness (QED) is 0.642. The Balaban J connectivity index is 2.50. The number of carboxylic acids is 1. The second kappa shape index (κ2) is 2.02. The zero-order valence-electron chi connectivity index (χ0n) is 5.78. The van der Waals surface area contributed by atoms with E-state index in [1.165, 1.54) is 0 Å². The number of hydrogen-bond acceptors (Lipinski definition) is 2. The highest BCUT2D eigenvalue weighted by molar-refractivity contribution is 5.86. The second-order valence-electron chi connectivity index (χ2n) is 2.36. The van der Waals surface area contributed by atoms with Crippen LogP contribution in [0.3, 0.4) is 0 Å². The topological polar surface area (TPSA) is 51.5 Å². The Hall–Kier alpha value is -1.45. The summed E-state index contributed by atoms with van der Waals surface area (Å²) in [6, 6.07) is 3.23. The van der Waals surface area contributed by atoms with Crippen molar-refractivity contribution in [1.29, 1.82) is 0 Å². The van der Waals surface area contributed by atoms with Crippen molar-refractivity contribution in [3.05, 3.63) is 17.8 Å². The van der Waals surface area contributed by atoms with Crippen LogP contribution in [0.15, 0.2) is 12.1 Å². The minimum atomic E-state index is -0.901. The van der Waals surface area contributed by atoms with Crippen molar-refractivity contribution in [3.8, 4) is 5.88 Å². The normalized spacial score (nSPS) is 14.2. The van der Waals surface area contributed by atoms with E-state index in [-0.39, 0.29) is 0 Å². The fraction of sp³-hybridized carbons (Fsp3) is 0.286. The van der Waals surface area contributed by atoms with Gasteiger partial charge in [-0.15, -0.1) is 0 Å². The summed E-state index contributed by atoms with van der Waals surface area (Å²) in [5, 5.41) is 8.66. The first-order valence-corrected chi connectivity index (χ1v) is 3.34. The van der Waals surface area contributed by atoms with Gasteiger partial charge < -0.3 is 14.4 Å². The summed E-state index contributed by atoms with van der Waals surface area (Å²) in [6.07, 6.45) is 0. The molecule has 0 amide bonds. The zero-order chi connectivity index (χ0) is 7.84. The first-order chi connectivity index (χ1) is 5.29. The first-order valence-electron chi connectivity index (χ1n) is 3.34. The highest BCUT2D eigenvalue weighted by atomic mass is 16.5. The number of aromatic carboxylic acids is 1. The Morgan fingerprint density at radius 1 is 1.64 bits per heavy atom.